The minimum absolute atomic E-state index is 0.272. The lowest BCUT2D eigenvalue weighted by molar-refractivity contribution is 0.486. The molecule has 0 amide bonds. The van der Waals surface area contributed by atoms with Gasteiger partial charge in [-0.1, -0.05) is 0 Å². The smallest absolute Gasteiger partial charge is 0.246 e. The highest BCUT2D eigenvalue weighted by molar-refractivity contribution is 7.89. The minimum Gasteiger partial charge on any atom is -0.271 e. The molecule has 5 nitrogen and oxygen atoms in total. The Morgan fingerprint density at radius 1 is 1.44 bits per heavy atom. The maximum Gasteiger partial charge on any atom is 0.246 e. The van der Waals surface area contributed by atoms with E-state index < -0.39 is 10.0 Å². The van der Waals surface area contributed by atoms with Crippen LogP contribution in [0, 0.1) is 13.8 Å². The van der Waals surface area contributed by atoms with E-state index in [0.717, 1.165) is 0 Å². The number of sulfonamides is 1. The Hall–Kier alpha value is -0.590. The number of aryl methyl sites for hydroxylation is 2. The third-order valence-corrected chi connectivity index (χ3v) is 4.79. The molecule has 0 aromatic carbocycles. The van der Waals surface area contributed by atoms with Crippen molar-refractivity contribution >= 4 is 21.6 Å². The van der Waals surface area contributed by atoms with E-state index in [1.807, 2.05) is 0 Å². The van der Waals surface area contributed by atoms with Crippen LogP contribution in [0.5, 0.6) is 0 Å². The van der Waals surface area contributed by atoms with Gasteiger partial charge in [-0.15, -0.1) is 11.6 Å². The third-order valence-electron chi connectivity index (χ3n) is 2.51. The van der Waals surface area contributed by atoms with Gasteiger partial charge in [-0.2, -0.15) is 9.40 Å². The van der Waals surface area contributed by atoms with Crippen LogP contribution < -0.4 is 0 Å². The third kappa shape index (κ3) is 2.23. The van der Waals surface area contributed by atoms with Gasteiger partial charge in [-0.05, 0) is 13.8 Å². The molecule has 16 heavy (non-hydrogen) atoms. The molecule has 0 bridgehead atoms. The Balaban J connectivity index is 3.27. The summed E-state index contributed by atoms with van der Waals surface area (Å²) in [6, 6.07) is 0. The number of aromatic nitrogens is 2. The molecule has 0 N–H and O–H groups in total. The largest absolute Gasteiger partial charge is 0.271 e. The molecule has 0 spiro atoms. The second-order valence-corrected chi connectivity index (χ2v) is 6.00. The molecule has 0 unspecified atom stereocenters. The number of halogens is 1. The van der Waals surface area contributed by atoms with Gasteiger partial charge in [0.15, 0.2) is 0 Å². The molecule has 1 aromatic rings. The molecular formula is C9H16ClN3O2S. The van der Waals surface area contributed by atoms with Gasteiger partial charge >= 0.3 is 0 Å². The van der Waals surface area contributed by atoms with E-state index in [-0.39, 0.29) is 17.3 Å². The van der Waals surface area contributed by atoms with E-state index in [4.69, 9.17) is 11.6 Å². The number of alkyl halides is 1. The molecule has 0 radical (unpaired) electrons. The zero-order valence-electron chi connectivity index (χ0n) is 9.86. The maximum absolute atomic E-state index is 12.2. The minimum atomic E-state index is -3.48. The van der Waals surface area contributed by atoms with E-state index in [1.54, 1.807) is 25.6 Å². The zero-order chi connectivity index (χ0) is 12.5. The highest BCUT2D eigenvalue weighted by Crippen LogP contribution is 2.21. The van der Waals surface area contributed by atoms with Crippen molar-refractivity contribution in [1.29, 1.82) is 0 Å². The lowest BCUT2D eigenvalue weighted by atomic mass is 10.4. The van der Waals surface area contributed by atoms with Crippen molar-refractivity contribution in [3.8, 4) is 0 Å². The number of hydrogen-bond donors (Lipinski definition) is 0. The van der Waals surface area contributed by atoms with E-state index >= 15 is 0 Å². The van der Waals surface area contributed by atoms with Gasteiger partial charge in [0.25, 0.3) is 0 Å². The predicted molar refractivity (Wildman–Crippen MR) is 63.2 cm³/mol. The van der Waals surface area contributed by atoms with Crippen molar-refractivity contribution in [1.82, 2.24) is 14.1 Å². The summed E-state index contributed by atoms with van der Waals surface area (Å²) in [4.78, 5) is 0.280. The molecule has 1 aromatic heterocycles. The summed E-state index contributed by atoms with van der Waals surface area (Å²) in [5, 5.41) is 4.10. The van der Waals surface area contributed by atoms with Crippen LogP contribution in [0.15, 0.2) is 4.90 Å². The Morgan fingerprint density at radius 3 is 2.38 bits per heavy atom. The number of rotatable bonds is 4. The highest BCUT2D eigenvalue weighted by atomic mass is 35.5. The summed E-state index contributed by atoms with van der Waals surface area (Å²) < 4.78 is 27.2. The van der Waals surface area contributed by atoms with E-state index in [0.29, 0.717) is 11.4 Å². The van der Waals surface area contributed by atoms with E-state index in [9.17, 15) is 8.42 Å². The average Bonchev–Trinajstić information content (AvgIpc) is 2.41. The fraction of sp³-hybridized carbons (Fsp3) is 0.667. The van der Waals surface area contributed by atoms with Crippen LogP contribution in [0.2, 0.25) is 0 Å². The summed E-state index contributed by atoms with van der Waals surface area (Å²) in [6.07, 6.45) is 0. The van der Waals surface area contributed by atoms with Gasteiger partial charge in [0, 0.05) is 26.5 Å². The first-order chi connectivity index (χ1) is 7.32. The van der Waals surface area contributed by atoms with Gasteiger partial charge in [-0.3, -0.25) is 4.68 Å². The first-order valence-corrected chi connectivity index (χ1v) is 6.82. The first-order valence-electron chi connectivity index (χ1n) is 4.85. The first kappa shape index (κ1) is 13.5. The fourth-order valence-corrected chi connectivity index (χ4v) is 3.44. The molecule has 1 heterocycles. The Bertz CT molecular complexity index is 481. The normalized spacial score (nSPS) is 12.4. The van der Waals surface area contributed by atoms with Crippen LogP contribution >= 0.6 is 11.6 Å². The van der Waals surface area contributed by atoms with Gasteiger partial charge in [0.2, 0.25) is 10.0 Å². The molecule has 0 fully saturated rings. The highest BCUT2D eigenvalue weighted by Gasteiger charge is 2.27. The van der Waals surface area contributed by atoms with Crippen LogP contribution in [-0.4, -0.2) is 42.0 Å². The Morgan fingerprint density at radius 2 is 2.00 bits per heavy atom. The summed E-state index contributed by atoms with van der Waals surface area (Å²) in [5.41, 5.74) is 1.15. The Kier molecular flexibility index (Phi) is 3.98. The van der Waals surface area contributed by atoms with Crippen molar-refractivity contribution in [3.05, 3.63) is 11.4 Å². The topological polar surface area (TPSA) is 55.2 Å². The standard InChI is InChI=1S/C9H16ClN3O2S/c1-7-9(8(2)13(4)11-7)16(14,15)12(3)6-5-10/h5-6H2,1-4H3. The summed E-state index contributed by atoms with van der Waals surface area (Å²) >= 11 is 5.55. The molecule has 0 saturated heterocycles. The molecule has 0 aliphatic carbocycles. The van der Waals surface area contributed by atoms with Crippen molar-refractivity contribution in [2.45, 2.75) is 18.7 Å². The van der Waals surface area contributed by atoms with Crippen molar-refractivity contribution < 1.29 is 8.42 Å². The second-order valence-electron chi connectivity index (χ2n) is 3.64. The van der Waals surface area contributed by atoms with Crippen molar-refractivity contribution in [2.24, 2.45) is 7.05 Å². The second kappa shape index (κ2) is 4.73. The fourth-order valence-electron chi connectivity index (χ4n) is 1.52. The van der Waals surface area contributed by atoms with Gasteiger partial charge in [0.05, 0.1) is 11.4 Å². The van der Waals surface area contributed by atoms with Crippen LogP contribution in [0.4, 0.5) is 0 Å². The maximum atomic E-state index is 12.2. The van der Waals surface area contributed by atoms with Crippen molar-refractivity contribution in [2.75, 3.05) is 19.5 Å². The van der Waals surface area contributed by atoms with Crippen LogP contribution in [0.1, 0.15) is 11.4 Å². The summed E-state index contributed by atoms with van der Waals surface area (Å²) in [5.74, 6) is 0.272. The van der Waals surface area contributed by atoms with Gasteiger partial charge < -0.3 is 0 Å². The molecule has 0 atom stereocenters. The number of hydrogen-bond acceptors (Lipinski definition) is 3. The van der Waals surface area contributed by atoms with Crippen LogP contribution in [-0.2, 0) is 17.1 Å². The molecule has 92 valence electrons. The monoisotopic (exact) mass is 265 g/mol. The van der Waals surface area contributed by atoms with Crippen molar-refractivity contribution in [3.63, 3.8) is 0 Å². The molecule has 1 rings (SSSR count). The van der Waals surface area contributed by atoms with Gasteiger partial charge in [0.1, 0.15) is 4.90 Å². The molecule has 0 aliphatic heterocycles. The zero-order valence-corrected chi connectivity index (χ0v) is 11.4. The predicted octanol–water partition coefficient (Wildman–Crippen LogP) is 0.896. The van der Waals surface area contributed by atoms with Crippen LogP contribution in [0.3, 0.4) is 0 Å². The average molecular weight is 266 g/mol. The van der Waals surface area contributed by atoms with Crippen LogP contribution in [0.25, 0.3) is 0 Å². The molecule has 0 saturated carbocycles. The Labute approximate surface area is 101 Å². The summed E-state index contributed by atoms with van der Waals surface area (Å²) in [7, 11) is -0.234. The van der Waals surface area contributed by atoms with Gasteiger partial charge in [-0.25, -0.2) is 8.42 Å². The molecular weight excluding hydrogens is 250 g/mol. The summed E-state index contributed by atoms with van der Waals surface area (Å²) in [6.45, 7) is 3.72. The lowest BCUT2D eigenvalue weighted by Gasteiger charge is -2.15. The molecule has 7 heteroatoms. The van der Waals surface area contributed by atoms with E-state index in [1.165, 1.54) is 11.4 Å². The quantitative estimate of drug-likeness (QED) is 0.760. The lowest BCUT2D eigenvalue weighted by Crippen LogP contribution is -2.29. The van der Waals surface area contributed by atoms with E-state index in [2.05, 4.69) is 5.10 Å². The molecule has 0 aliphatic rings. The SMILES string of the molecule is Cc1nn(C)c(C)c1S(=O)(=O)N(C)CCCl. The number of nitrogens with zero attached hydrogens (tertiary/aromatic N) is 3.